The smallest absolute Gasteiger partial charge is 0.306 e. The third kappa shape index (κ3) is 5.46. The summed E-state index contributed by atoms with van der Waals surface area (Å²) in [6.45, 7) is 1.95. The molecule has 0 aliphatic heterocycles. The molecule has 0 radical (unpaired) electrons. The monoisotopic (exact) mass is 458 g/mol. The van der Waals surface area contributed by atoms with Gasteiger partial charge < -0.3 is 9.72 Å². The molecule has 0 fully saturated rings. The van der Waals surface area contributed by atoms with Crippen LogP contribution in [0.25, 0.3) is 22.2 Å². The van der Waals surface area contributed by atoms with E-state index in [-0.39, 0.29) is 55.4 Å². The number of hydrogen-bond donors (Lipinski definition) is 1. The predicted octanol–water partition coefficient (Wildman–Crippen LogP) is 3.48. The van der Waals surface area contributed by atoms with Gasteiger partial charge in [0.1, 0.15) is 5.69 Å². The number of pyridine rings is 1. The van der Waals surface area contributed by atoms with Crippen LogP contribution < -0.4 is 5.56 Å². The first kappa shape index (κ1) is 23.1. The second-order valence-electron chi connectivity index (χ2n) is 7.95. The van der Waals surface area contributed by atoms with Crippen molar-refractivity contribution in [2.75, 3.05) is 6.61 Å². The molecule has 0 bridgehead atoms. The van der Waals surface area contributed by atoms with Gasteiger partial charge in [-0.25, -0.2) is 0 Å². The molecule has 0 saturated carbocycles. The fourth-order valence-electron chi connectivity index (χ4n) is 3.85. The number of esters is 1. The average molecular weight is 459 g/mol. The lowest BCUT2D eigenvalue weighted by Gasteiger charge is -2.14. The third-order valence-electron chi connectivity index (χ3n) is 5.55. The first-order valence-corrected chi connectivity index (χ1v) is 11.3. The zero-order valence-corrected chi connectivity index (χ0v) is 19.0. The molecule has 0 saturated heterocycles. The van der Waals surface area contributed by atoms with Crippen LogP contribution in [0.2, 0.25) is 0 Å². The molecule has 1 N–H and O–H groups in total. The van der Waals surface area contributed by atoms with Gasteiger partial charge in [0.05, 0.1) is 31.5 Å². The van der Waals surface area contributed by atoms with Crippen molar-refractivity contribution in [1.82, 2.24) is 19.5 Å². The van der Waals surface area contributed by atoms with Crippen LogP contribution in [0.4, 0.5) is 0 Å². The van der Waals surface area contributed by atoms with Gasteiger partial charge in [-0.1, -0.05) is 30.3 Å². The van der Waals surface area contributed by atoms with Crippen LogP contribution >= 0.6 is 0 Å². The maximum Gasteiger partial charge on any atom is 0.306 e. The highest BCUT2D eigenvalue weighted by Gasteiger charge is 2.16. The number of Topliss-reactive ketones (excluding diaryl/α,β-unsaturated/α-hetero) is 1. The van der Waals surface area contributed by atoms with Crippen LogP contribution in [0.15, 0.2) is 65.8 Å². The van der Waals surface area contributed by atoms with Crippen molar-refractivity contribution in [2.45, 2.75) is 39.2 Å². The number of aromatic nitrogens is 4. The molecule has 34 heavy (non-hydrogen) atoms. The van der Waals surface area contributed by atoms with E-state index in [0.717, 1.165) is 22.2 Å². The van der Waals surface area contributed by atoms with Gasteiger partial charge in [0.15, 0.2) is 5.78 Å². The Bertz CT molecular complexity index is 1330. The Morgan fingerprint density at radius 2 is 1.88 bits per heavy atom. The SMILES string of the molecule is CCOC(=O)CCc1ncc(-c2ccccc2)n(CC(=O)CCc2cc3cnccc3[nH]2)c1=O. The van der Waals surface area contributed by atoms with Crippen LogP contribution in [0.1, 0.15) is 31.2 Å². The molecule has 0 spiro atoms. The van der Waals surface area contributed by atoms with Crippen molar-refractivity contribution < 1.29 is 14.3 Å². The number of hydrogen-bond acceptors (Lipinski definition) is 6. The second kappa shape index (κ2) is 10.7. The van der Waals surface area contributed by atoms with Crippen LogP contribution in [0.3, 0.4) is 0 Å². The maximum absolute atomic E-state index is 13.2. The lowest BCUT2D eigenvalue weighted by atomic mass is 10.1. The number of nitrogens with zero attached hydrogens (tertiary/aromatic N) is 3. The van der Waals surface area contributed by atoms with Gasteiger partial charge >= 0.3 is 5.97 Å². The third-order valence-corrected chi connectivity index (χ3v) is 5.55. The van der Waals surface area contributed by atoms with Crippen molar-refractivity contribution in [3.05, 3.63) is 82.8 Å². The normalized spacial score (nSPS) is 11.0. The summed E-state index contributed by atoms with van der Waals surface area (Å²) in [4.78, 5) is 49.6. The molecule has 8 heteroatoms. The molecular weight excluding hydrogens is 432 g/mol. The van der Waals surface area contributed by atoms with Crippen LogP contribution in [-0.2, 0) is 33.7 Å². The van der Waals surface area contributed by atoms with E-state index in [0.29, 0.717) is 12.1 Å². The fraction of sp³-hybridized carbons (Fsp3) is 0.269. The quantitative estimate of drug-likeness (QED) is 0.365. The highest BCUT2D eigenvalue weighted by molar-refractivity contribution is 5.81. The molecule has 0 atom stereocenters. The Hall–Kier alpha value is -4.07. The van der Waals surface area contributed by atoms with Crippen molar-refractivity contribution in [3.8, 4) is 11.3 Å². The number of benzene rings is 1. The van der Waals surface area contributed by atoms with Gasteiger partial charge in [-0.2, -0.15) is 0 Å². The fourth-order valence-corrected chi connectivity index (χ4v) is 3.85. The summed E-state index contributed by atoms with van der Waals surface area (Å²) in [5, 5.41) is 0.993. The van der Waals surface area contributed by atoms with E-state index in [1.807, 2.05) is 42.5 Å². The Kier molecular flexibility index (Phi) is 7.27. The summed E-state index contributed by atoms with van der Waals surface area (Å²) < 4.78 is 6.41. The minimum atomic E-state index is -0.382. The van der Waals surface area contributed by atoms with Crippen molar-refractivity contribution in [3.63, 3.8) is 0 Å². The number of H-pyrrole nitrogens is 1. The molecule has 4 aromatic rings. The largest absolute Gasteiger partial charge is 0.466 e. The Balaban J connectivity index is 1.54. The van der Waals surface area contributed by atoms with Crippen LogP contribution in [-0.4, -0.2) is 37.9 Å². The zero-order valence-electron chi connectivity index (χ0n) is 19.0. The molecule has 3 aromatic heterocycles. The van der Waals surface area contributed by atoms with Gasteiger partial charge in [0, 0.05) is 41.8 Å². The summed E-state index contributed by atoms with van der Waals surface area (Å²) in [5.41, 5.74) is 3.15. The summed E-state index contributed by atoms with van der Waals surface area (Å²) in [5.74, 6) is -0.453. The molecule has 0 unspecified atom stereocenters. The number of ether oxygens (including phenoxy) is 1. The number of aryl methyl sites for hydroxylation is 2. The minimum absolute atomic E-state index is 0.0595. The van der Waals surface area contributed by atoms with Crippen molar-refractivity contribution in [2.24, 2.45) is 0 Å². The molecule has 0 amide bonds. The highest BCUT2D eigenvalue weighted by Crippen LogP contribution is 2.18. The van der Waals surface area contributed by atoms with Gasteiger partial charge in [-0.15, -0.1) is 0 Å². The van der Waals surface area contributed by atoms with Crippen LogP contribution in [0.5, 0.6) is 0 Å². The Morgan fingerprint density at radius 1 is 1.06 bits per heavy atom. The zero-order chi connectivity index (χ0) is 23.9. The summed E-state index contributed by atoms with van der Waals surface area (Å²) in [7, 11) is 0. The molecule has 174 valence electrons. The Morgan fingerprint density at radius 3 is 2.65 bits per heavy atom. The van der Waals surface area contributed by atoms with Crippen LogP contribution in [0, 0.1) is 0 Å². The first-order valence-electron chi connectivity index (χ1n) is 11.3. The first-order chi connectivity index (χ1) is 16.5. The molecule has 4 rings (SSSR count). The number of ketones is 1. The number of carbonyl (C=O) groups excluding carboxylic acids is 2. The molecule has 3 heterocycles. The standard InChI is InChI=1S/C26H26N4O4/c1-2-34-25(32)11-10-23-26(33)30(24(16-28-23)18-6-4-3-5-7-18)17-21(31)9-8-20-14-19-15-27-13-12-22(19)29-20/h3-7,12-16,29H,2,8-11,17H2,1H3. The number of carbonyl (C=O) groups is 2. The van der Waals surface area contributed by atoms with Gasteiger partial charge in [0.25, 0.3) is 5.56 Å². The van der Waals surface area contributed by atoms with Crippen molar-refractivity contribution >= 4 is 22.7 Å². The van der Waals surface area contributed by atoms with E-state index in [1.165, 1.54) is 4.57 Å². The number of fused-ring (bicyclic) bond motifs is 1. The van der Waals surface area contributed by atoms with Gasteiger partial charge in [0.2, 0.25) is 0 Å². The number of nitrogens with one attached hydrogen (secondary N) is 1. The summed E-state index contributed by atoms with van der Waals surface area (Å²) in [6.07, 6.45) is 6.11. The van der Waals surface area contributed by atoms with E-state index in [1.54, 1.807) is 25.5 Å². The molecular formula is C26H26N4O4. The van der Waals surface area contributed by atoms with E-state index in [9.17, 15) is 14.4 Å². The summed E-state index contributed by atoms with van der Waals surface area (Å²) in [6, 6.07) is 13.2. The van der Waals surface area contributed by atoms with E-state index < -0.39 is 0 Å². The number of aromatic amines is 1. The van der Waals surface area contributed by atoms with E-state index >= 15 is 0 Å². The molecule has 0 aliphatic rings. The van der Waals surface area contributed by atoms with E-state index in [2.05, 4.69) is 15.0 Å². The minimum Gasteiger partial charge on any atom is -0.466 e. The second-order valence-corrected chi connectivity index (χ2v) is 7.95. The lowest BCUT2D eigenvalue weighted by Crippen LogP contribution is -2.30. The molecule has 0 aliphatic carbocycles. The highest BCUT2D eigenvalue weighted by atomic mass is 16.5. The predicted molar refractivity (Wildman–Crippen MR) is 128 cm³/mol. The lowest BCUT2D eigenvalue weighted by molar-refractivity contribution is -0.143. The number of rotatable bonds is 10. The van der Waals surface area contributed by atoms with Crippen molar-refractivity contribution in [1.29, 1.82) is 0 Å². The van der Waals surface area contributed by atoms with E-state index in [4.69, 9.17) is 4.74 Å². The molecule has 8 nitrogen and oxygen atoms in total. The summed E-state index contributed by atoms with van der Waals surface area (Å²) >= 11 is 0. The molecule has 1 aromatic carbocycles. The van der Waals surface area contributed by atoms with Gasteiger partial charge in [-0.3, -0.25) is 28.9 Å². The maximum atomic E-state index is 13.2. The van der Waals surface area contributed by atoms with Gasteiger partial charge in [-0.05, 0) is 31.0 Å². The Labute approximate surface area is 196 Å². The topological polar surface area (TPSA) is 107 Å². The average Bonchev–Trinajstić information content (AvgIpc) is 3.27.